The van der Waals surface area contributed by atoms with Gasteiger partial charge in [-0.3, -0.25) is 4.90 Å². The molecule has 1 atom stereocenters. The third kappa shape index (κ3) is 5.01. The maximum Gasteiger partial charge on any atom is 0.115 e. The first kappa shape index (κ1) is 16.3. The van der Waals surface area contributed by atoms with Crippen LogP contribution in [-0.4, -0.2) is 41.7 Å². The molecule has 1 aliphatic rings. The SMILES string of the molecule is CC(C)N(CC1CCNCC1)C(C)Cc1ccc(O)cc1. The monoisotopic (exact) mass is 290 g/mol. The van der Waals surface area contributed by atoms with Crippen LogP contribution in [0.4, 0.5) is 0 Å². The molecule has 1 heterocycles. The zero-order chi connectivity index (χ0) is 15.2. The van der Waals surface area contributed by atoms with Gasteiger partial charge >= 0.3 is 0 Å². The molecule has 3 nitrogen and oxygen atoms in total. The Balaban J connectivity index is 1.94. The molecular formula is C18H30N2O. The van der Waals surface area contributed by atoms with Crippen LogP contribution in [0.2, 0.25) is 0 Å². The van der Waals surface area contributed by atoms with Gasteiger partial charge in [-0.25, -0.2) is 0 Å². The Bertz CT molecular complexity index is 410. The lowest BCUT2D eigenvalue weighted by Crippen LogP contribution is -2.44. The molecule has 1 aromatic rings. The molecule has 2 rings (SSSR count). The molecular weight excluding hydrogens is 260 g/mol. The maximum absolute atomic E-state index is 9.39. The fourth-order valence-corrected chi connectivity index (χ4v) is 3.35. The number of piperidine rings is 1. The van der Waals surface area contributed by atoms with Crippen LogP contribution in [0.25, 0.3) is 0 Å². The van der Waals surface area contributed by atoms with E-state index in [4.69, 9.17) is 0 Å². The summed E-state index contributed by atoms with van der Waals surface area (Å²) in [6.07, 6.45) is 3.65. The minimum Gasteiger partial charge on any atom is -0.508 e. The molecule has 0 bridgehead atoms. The van der Waals surface area contributed by atoms with Gasteiger partial charge < -0.3 is 10.4 Å². The fourth-order valence-electron chi connectivity index (χ4n) is 3.35. The van der Waals surface area contributed by atoms with Crippen molar-refractivity contribution in [2.24, 2.45) is 5.92 Å². The van der Waals surface area contributed by atoms with Gasteiger partial charge in [0, 0.05) is 18.6 Å². The van der Waals surface area contributed by atoms with Gasteiger partial charge in [0.25, 0.3) is 0 Å². The van der Waals surface area contributed by atoms with Crippen LogP contribution in [0.15, 0.2) is 24.3 Å². The molecule has 0 saturated carbocycles. The lowest BCUT2D eigenvalue weighted by atomic mass is 9.95. The van der Waals surface area contributed by atoms with Crippen molar-refractivity contribution in [1.82, 2.24) is 10.2 Å². The summed E-state index contributed by atoms with van der Waals surface area (Å²) in [5.41, 5.74) is 1.30. The zero-order valence-electron chi connectivity index (χ0n) is 13.7. The fraction of sp³-hybridized carbons (Fsp3) is 0.667. The van der Waals surface area contributed by atoms with E-state index in [9.17, 15) is 5.11 Å². The first-order valence-electron chi connectivity index (χ1n) is 8.30. The first-order chi connectivity index (χ1) is 10.1. The van der Waals surface area contributed by atoms with Crippen molar-refractivity contribution >= 4 is 0 Å². The van der Waals surface area contributed by atoms with Gasteiger partial charge in [-0.1, -0.05) is 12.1 Å². The summed E-state index contributed by atoms with van der Waals surface area (Å²) in [5.74, 6) is 1.18. The lowest BCUT2D eigenvalue weighted by molar-refractivity contribution is 0.124. The van der Waals surface area contributed by atoms with Crippen LogP contribution in [0.1, 0.15) is 39.2 Å². The van der Waals surface area contributed by atoms with Gasteiger partial charge in [0.1, 0.15) is 5.75 Å². The number of hydrogen-bond acceptors (Lipinski definition) is 3. The Morgan fingerprint density at radius 2 is 1.76 bits per heavy atom. The minimum absolute atomic E-state index is 0.349. The smallest absolute Gasteiger partial charge is 0.115 e. The minimum atomic E-state index is 0.349. The van der Waals surface area contributed by atoms with Crippen molar-refractivity contribution in [3.8, 4) is 5.75 Å². The maximum atomic E-state index is 9.39. The largest absolute Gasteiger partial charge is 0.508 e. The van der Waals surface area contributed by atoms with Gasteiger partial charge in [-0.15, -0.1) is 0 Å². The Hall–Kier alpha value is -1.06. The van der Waals surface area contributed by atoms with E-state index in [0.29, 0.717) is 17.8 Å². The molecule has 1 aromatic carbocycles. The van der Waals surface area contributed by atoms with Crippen molar-refractivity contribution in [3.05, 3.63) is 29.8 Å². The Morgan fingerprint density at radius 3 is 2.33 bits per heavy atom. The van der Waals surface area contributed by atoms with E-state index >= 15 is 0 Å². The molecule has 0 radical (unpaired) electrons. The molecule has 0 amide bonds. The van der Waals surface area contributed by atoms with Crippen molar-refractivity contribution < 1.29 is 5.11 Å². The Labute approximate surface area is 129 Å². The van der Waals surface area contributed by atoms with Crippen molar-refractivity contribution in [3.63, 3.8) is 0 Å². The van der Waals surface area contributed by atoms with Crippen LogP contribution in [-0.2, 0) is 6.42 Å². The molecule has 2 N–H and O–H groups in total. The van der Waals surface area contributed by atoms with Gasteiger partial charge in [-0.05, 0) is 76.7 Å². The molecule has 0 aromatic heterocycles. The summed E-state index contributed by atoms with van der Waals surface area (Å²) < 4.78 is 0. The van der Waals surface area contributed by atoms with Crippen LogP contribution < -0.4 is 5.32 Å². The van der Waals surface area contributed by atoms with Crippen LogP contribution in [0, 0.1) is 5.92 Å². The third-order valence-electron chi connectivity index (χ3n) is 4.62. The topological polar surface area (TPSA) is 35.5 Å². The molecule has 21 heavy (non-hydrogen) atoms. The van der Waals surface area contributed by atoms with Crippen molar-refractivity contribution in [2.75, 3.05) is 19.6 Å². The average molecular weight is 290 g/mol. The van der Waals surface area contributed by atoms with E-state index in [-0.39, 0.29) is 0 Å². The van der Waals surface area contributed by atoms with Crippen molar-refractivity contribution in [1.29, 1.82) is 0 Å². The van der Waals surface area contributed by atoms with E-state index in [1.54, 1.807) is 12.1 Å². The summed E-state index contributed by atoms with van der Waals surface area (Å²) in [5, 5.41) is 12.8. The van der Waals surface area contributed by atoms with Gasteiger partial charge in [-0.2, -0.15) is 0 Å². The zero-order valence-corrected chi connectivity index (χ0v) is 13.7. The highest BCUT2D eigenvalue weighted by Crippen LogP contribution is 2.20. The first-order valence-corrected chi connectivity index (χ1v) is 8.30. The molecule has 0 spiro atoms. The predicted octanol–water partition coefficient (Wildman–Crippen LogP) is 3.03. The van der Waals surface area contributed by atoms with E-state index in [2.05, 4.69) is 31.0 Å². The summed E-state index contributed by atoms with van der Waals surface area (Å²) in [4.78, 5) is 2.64. The highest BCUT2D eigenvalue weighted by atomic mass is 16.3. The van der Waals surface area contributed by atoms with E-state index in [0.717, 1.165) is 12.3 Å². The number of aromatic hydroxyl groups is 1. The van der Waals surface area contributed by atoms with Gasteiger partial charge in [0.2, 0.25) is 0 Å². The second kappa shape index (κ2) is 7.81. The van der Waals surface area contributed by atoms with E-state index < -0.39 is 0 Å². The molecule has 1 unspecified atom stereocenters. The predicted molar refractivity (Wildman–Crippen MR) is 88.7 cm³/mol. The van der Waals surface area contributed by atoms with E-state index in [1.807, 2.05) is 12.1 Å². The lowest BCUT2D eigenvalue weighted by Gasteiger charge is -2.37. The molecule has 0 aliphatic carbocycles. The highest BCUT2D eigenvalue weighted by Gasteiger charge is 2.22. The number of rotatable bonds is 6. The molecule has 118 valence electrons. The average Bonchev–Trinajstić information content (AvgIpc) is 2.48. The van der Waals surface area contributed by atoms with Gasteiger partial charge in [0.15, 0.2) is 0 Å². The molecule has 3 heteroatoms. The van der Waals surface area contributed by atoms with Crippen molar-refractivity contribution in [2.45, 2.75) is 52.1 Å². The van der Waals surface area contributed by atoms with E-state index in [1.165, 1.54) is 38.0 Å². The highest BCUT2D eigenvalue weighted by molar-refractivity contribution is 5.26. The second-order valence-electron chi connectivity index (χ2n) is 6.70. The number of phenolic OH excluding ortho intramolecular Hbond substituents is 1. The summed E-state index contributed by atoms with van der Waals surface area (Å²) in [6.45, 7) is 10.5. The summed E-state index contributed by atoms with van der Waals surface area (Å²) in [6, 6.07) is 8.75. The van der Waals surface area contributed by atoms with Gasteiger partial charge in [0.05, 0.1) is 0 Å². The number of hydrogen-bond donors (Lipinski definition) is 2. The number of phenols is 1. The molecule has 1 fully saturated rings. The van der Waals surface area contributed by atoms with Crippen LogP contribution in [0.5, 0.6) is 5.75 Å². The summed E-state index contributed by atoms with van der Waals surface area (Å²) >= 11 is 0. The summed E-state index contributed by atoms with van der Waals surface area (Å²) in [7, 11) is 0. The second-order valence-corrected chi connectivity index (χ2v) is 6.70. The number of nitrogens with one attached hydrogen (secondary N) is 1. The Kier molecular flexibility index (Phi) is 6.07. The standard InChI is InChI=1S/C18H30N2O/c1-14(2)20(13-17-8-10-19-11-9-17)15(3)12-16-4-6-18(21)7-5-16/h4-7,14-15,17,19,21H,8-13H2,1-3H3. The Morgan fingerprint density at radius 1 is 1.14 bits per heavy atom. The van der Waals surface area contributed by atoms with Crippen LogP contribution >= 0.6 is 0 Å². The molecule has 1 aliphatic heterocycles. The quantitative estimate of drug-likeness (QED) is 0.845. The number of benzene rings is 1. The van der Waals surface area contributed by atoms with Crippen LogP contribution in [0.3, 0.4) is 0 Å². The molecule has 1 saturated heterocycles. The number of nitrogens with zero attached hydrogens (tertiary/aromatic N) is 1. The normalized spacial score (nSPS) is 18.3. The third-order valence-corrected chi connectivity index (χ3v) is 4.62.